The van der Waals surface area contributed by atoms with E-state index in [0.717, 1.165) is 0 Å². The number of hydrogen-bond acceptors (Lipinski definition) is 6. The minimum atomic E-state index is -1.03. The van der Waals surface area contributed by atoms with Gasteiger partial charge in [-0.3, -0.25) is 9.59 Å². The minimum Gasteiger partial charge on any atom is -0.791 e. The fourth-order valence-corrected chi connectivity index (χ4v) is 0.428. The standard InChI is InChI=1S/2C3H7NO2S.Cd/c2*4-2(1-7)3(5)6;/h2*2,7H,1,4H2,(H,5,6);/q;;+2/p-2/t2*2-;/m11./s1. The van der Waals surface area contributed by atoms with Gasteiger partial charge in [0, 0.05) is 0 Å². The predicted molar refractivity (Wildman–Crippen MR) is 55.7 cm³/mol. The summed E-state index contributed by atoms with van der Waals surface area (Å²) in [4.78, 5) is 19.5. The summed E-state index contributed by atoms with van der Waals surface area (Å²) in [5.74, 6) is -1.91. The van der Waals surface area contributed by atoms with Crippen LogP contribution in [0.1, 0.15) is 0 Å². The molecular weight excluding hydrogens is 341 g/mol. The molecule has 6 nitrogen and oxygen atoms in total. The number of nitrogens with two attached hydrogens (primary N) is 2. The van der Waals surface area contributed by atoms with E-state index in [1.165, 1.54) is 0 Å². The van der Waals surface area contributed by atoms with Crippen LogP contribution in [0.3, 0.4) is 0 Å². The maximum Gasteiger partial charge on any atom is 2.00 e. The van der Waals surface area contributed by atoms with Gasteiger partial charge in [0.25, 0.3) is 0 Å². The molecule has 0 spiro atoms. The Bertz CT molecular complexity index is 176. The van der Waals surface area contributed by atoms with E-state index >= 15 is 0 Å². The molecule has 0 saturated heterocycles. The molecule has 0 aliphatic heterocycles. The normalized spacial score (nSPS) is 12.5. The first-order chi connectivity index (χ1) is 6.36. The number of carboxylic acids is 2. The third-order valence-corrected chi connectivity index (χ3v) is 1.71. The zero-order valence-electron chi connectivity index (χ0n) is 7.96. The van der Waals surface area contributed by atoms with Gasteiger partial charge in [-0.15, -0.1) is 0 Å². The van der Waals surface area contributed by atoms with Crippen LogP contribution in [0.15, 0.2) is 0 Å². The van der Waals surface area contributed by atoms with E-state index in [4.69, 9.17) is 21.7 Å². The van der Waals surface area contributed by atoms with Gasteiger partial charge in [-0.25, -0.2) is 0 Å². The van der Waals surface area contributed by atoms with Crippen molar-refractivity contribution in [1.29, 1.82) is 0 Å². The second-order valence-corrected chi connectivity index (χ2v) is 2.89. The average Bonchev–Trinajstić information content (AvgIpc) is 2.15. The Kier molecular flexibility index (Phi) is 17.4. The second kappa shape index (κ2) is 12.6. The van der Waals surface area contributed by atoms with Crippen molar-refractivity contribution in [3.63, 3.8) is 0 Å². The van der Waals surface area contributed by atoms with Gasteiger partial charge in [0.2, 0.25) is 0 Å². The molecule has 0 aliphatic carbocycles. The van der Waals surface area contributed by atoms with Crippen molar-refractivity contribution >= 4 is 37.2 Å². The zero-order chi connectivity index (χ0) is 11.7. The zero-order valence-corrected chi connectivity index (χ0v) is 13.6. The topological polar surface area (TPSA) is 127 Å². The Morgan fingerprint density at radius 3 is 1.20 bits per heavy atom. The number of carboxylic acid groups (broad SMARTS) is 2. The van der Waals surface area contributed by atoms with Crippen LogP contribution in [0.5, 0.6) is 0 Å². The molecule has 6 N–H and O–H groups in total. The molecule has 0 unspecified atom stereocenters. The second-order valence-electron chi connectivity index (χ2n) is 2.22. The fourth-order valence-electron chi connectivity index (χ4n) is 0.143. The minimum absolute atomic E-state index is 0. The maximum absolute atomic E-state index is 9.74. The average molecular weight is 353 g/mol. The predicted octanol–water partition coefficient (Wildman–Crippen LogP) is -2.11. The largest absolute Gasteiger partial charge is 2.00 e. The van der Waals surface area contributed by atoms with Gasteiger partial charge in [-0.05, 0) is 0 Å². The molecular formula is C6H12CdN2O4S2. The van der Waals surface area contributed by atoms with Crippen molar-refractivity contribution in [2.24, 2.45) is 11.5 Å². The molecule has 0 aromatic rings. The summed E-state index contributed by atoms with van der Waals surface area (Å²) >= 11 is 8.69. The van der Waals surface area contributed by atoms with Gasteiger partial charge in [0.05, 0.1) is 12.1 Å². The summed E-state index contributed by atoms with van der Waals surface area (Å²) in [7, 11) is 0. The summed E-state index contributed by atoms with van der Waals surface area (Å²) in [6.45, 7) is 0. The summed E-state index contributed by atoms with van der Waals surface area (Å²) in [6, 6.07) is -1.73. The molecule has 2 atom stereocenters. The van der Waals surface area contributed by atoms with E-state index in [9.17, 15) is 9.59 Å². The van der Waals surface area contributed by atoms with Gasteiger partial charge in [-0.2, -0.15) is 11.5 Å². The smallest absolute Gasteiger partial charge is 0.791 e. The quantitative estimate of drug-likeness (QED) is 0.334. The van der Waals surface area contributed by atoms with E-state index in [2.05, 4.69) is 25.3 Å². The van der Waals surface area contributed by atoms with Gasteiger partial charge in [-0.1, -0.05) is 0 Å². The van der Waals surface area contributed by atoms with Crippen molar-refractivity contribution in [3.05, 3.63) is 0 Å². The van der Waals surface area contributed by atoms with Gasteiger partial charge >= 0.3 is 39.2 Å². The van der Waals surface area contributed by atoms with Crippen LogP contribution in [0.25, 0.3) is 0 Å². The molecule has 0 aliphatic rings. The molecule has 0 rings (SSSR count). The van der Waals surface area contributed by atoms with E-state index in [0.29, 0.717) is 0 Å². The van der Waals surface area contributed by atoms with E-state index in [1.54, 1.807) is 0 Å². The van der Waals surface area contributed by atoms with E-state index < -0.39 is 24.0 Å². The Balaban J connectivity index is -0.000000180. The van der Waals surface area contributed by atoms with Crippen LogP contribution >= 0.6 is 0 Å². The maximum atomic E-state index is 9.74. The first-order valence-electron chi connectivity index (χ1n) is 3.49. The summed E-state index contributed by atoms with van der Waals surface area (Å²) in [5, 5.41) is 16.0. The fraction of sp³-hybridized carbons (Fsp3) is 0.667. The third-order valence-electron chi connectivity index (χ3n) is 0.994. The molecule has 0 fully saturated rings. The first kappa shape index (κ1) is 20.8. The van der Waals surface area contributed by atoms with Crippen molar-refractivity contribution < 1.29 is 47.1 Å². The van der Waals surface area contributed by atoms with Crippen molar-refractivity contribution in [3.8, 4) is 0 Å². The molecule has 0 amide bonds. The van der Waals surface area contributed by atoms with Crippen LogP contribution in [0, 0.1) is 0 Å². The molecule has 84 valence electrons. The SMILES string of the molecule is N[C@H](C[S-])C(=O)O.N[C@H](C[S-])C(=O)O.[Cd+2]. The molecule has 0 aromatic heterocycles. The van der Waals surface area contributed by atoms with Crippen LogP contribution in [-0.4, -0.2) is 45.7 Å². The molecule has 15 heavy (non-hydrogen) atoms. The Labute approximate surface area is 119 Å². The van der Waals surface area contributed by atoms with Gasteiger partial charge in [0.1, 0.15) is 0 Å². The molecule has 0 radical (unpaired) electrons. The first-order valence-corrected chi connectivity index (χ1v) is 4.65. The molecule has 0 saturated carbocycles. The number of aliphatic carboxylic acids is 2. The van der Waals surface area contributed by atoms with Gasteiger partial charge in [0.15, 0.2) is 0 Å². The molecule has 0 aromatic carbocycles. The number of carbonyl (C=O) groups is 2. The van der Waals surface area contributed by atoms with Crippen molar-refractivity contribution in [1.82, 2.24) is 0 Å². The molecule has 0 heterocycles. The van der Waals surface area contributed by atoms with E-state index in [1.807, 2.05) is 0 Å². The van der Waals surface area contributed by atoms with Crippen molar-refractivity contribution in [2.45, 2.75) is 12.1 Å². The van der Waals surface area contributed by atoms with Crippen molar-refractivity contribution in [2.75, 3.05) is 11.5 Å². The van der Waals surface area contributed by atoms with Crippen LogP contribution in [0.4, 0.5) is 0 Å². The summed E-state index contributed by atoms with van der Waals surface area (Å²) < 4.78 is 0. The van der Waals surface area contributed by atoms with Crippen LogP contribution in [0.2, 0.25) is 0 Å². The Hall–Kier alpha value is 0.482. The monoisotopic (exact) mass is 354 g/mol. The summed E-state index contributed by atoms with van der Waals surface area (Å²) in [6.07, 6.45) is 0. The van der Waals surface area contributed by atoms with Crippen LogP contribution < -0.4 is 11.5 Å². The molecule has 0 bridgehead atoms. The Morgan fingerprint density at radius 1 is 1.00 bits per heavy atom. The Morgan fingerprint density at radius 2 is 1.20 bits per heavy atom. The number of hydrogen-bond donors (Lipinski definition) is 4. The van der Waals surface area contributed by atoms with Gasteiger partial charge < -0.3 is 46.9 Å². The van der Waals surface area contributed by atoms with Crippen LogP contribution in [-0.2, 0) is 62.1 Å². The third kappa shape index (κ3) is 14.5. The number of rotatable bonds is 4. The summed E-state index contributed by atoms with van der Waals surface area (Å²) in [5.41, 5.74) is 9.82. The molecule has 9 heteroatoms. The van der Waals surface area contributed by atoms with E-state index in [-0.39, 0.29) is 38.8 Å².